The highest BCUT2D eigenvalue weighted by atomic mass is 19.4. The Hall–Kier alpha value is -1.79. The van der Waals surface area contributed by atoms with E-state index in [1.54, 1.807) is 0 Å². The van der Waals surface area contributed by atoms with Gasteiger partial charge in [0.2, 0.25) is 0 Å². The van der Waals surface area contributed by atoms with Crippen LogP contribution in [0, 0.1) is 5.82 Å². The van der Waals surface area contributed by atoms with Gasteiger partial charge in [-0.15, -0.1) is 0 Å². The summed E-state index contributed by atoms with van der Waals surface area (Å²) in [7, 11) is 0. The Morgan fingerprint density at radius 3 is 2.47 bits per heavy atom. The van der Waals surface area contributed by atoms with E-state index >= 15 is 0 Å². The third kappa shape index (κ3) is 2.86. The van der Waals surface area contributed by atoms with Crippen molar-refractivity contribution in [3.63, 3.8) is 0 Å². The van der Waals surface area contributed by atoms with Crippen LogP contribution in [0.4, 0.5) is 23.2 Å². The highest BCUT2D eigenvalue weighted by molar-refractivity contribution is 5.92. The smallest absolute Gasteiger partial charge is 0.417 e. The second-order valence-corrected chi connectivity index (χ2v) is 3.14. The van der Waals surface area contributed by atoms with Gasteiger partial charge < -0.3 is 10.5 Å². The Bertz CT molecular complexity index is 443. The monoisotopic (exact) mass is 251 g/mol. The van der Waals surface area contributed by atoms with Crippen molar-refractivity contribution in [2.45, 2.75) is 13.1 Å². The van der Waals surface area contributed by atoms with Crippen molar-refractivity contribution in [1.29, 1.82) is 0 Å². The van der Waals surface area contributed by atoms with E-state index < -0.39 is 34.8 Å². The predicted octanol–water partition coefficient (Wildman–Crippen LogP) is 2.60. The molecule has 3 nitrogen and oxygen atoms in total. The molecule has 0 amide bonds. The van der Waals surface area contributed by atoms with E-state index in [0.29, 0.717) is 12.1 Å². The fraction of sp³-hybridized carbons (Fsp3) is 0.300. The van der Waals surface area contributed by atoms with Crippen molar-refractivity contribution in [2.75, 3.05) is 12.3 Å². The fourth-order valence-electron chi connectivity index (χ4n) is 1.26. The van der Waals surface area contributed by atoms with E-state index in [2.05, 4.69) is 4.74 Å². The van der Waals surface area contributed by atoms with Crippen LogP contribution in [0.3, 0.4) is 0 Å². The Morgan fingerprint density at radius 1 is 1.41 bits per heavy atom. The molecule has 0 aliphatic heterocycles. The zero-order valence-electron chi connectivity index (χ0n) is 8.77. The van der Waals surface area contributed by atoms with Gasteiger partial charge in [0, 0.05) is 5.69 Å². The highest BCUT2D eigenvalue weighted by Crippen LogP contribution is 2.35. The largest absolute Gasteiger partial charge is 0.462 e. The summed E-state index contributed by atoms with van der Waals surface area (Å²) in [6.45, 7) is 1.25. The van der Waals surface area contributed by atoms with E-state index in [1.165, 1.54) is 6.92 Å². The first-order chi connectivity index (χ1) is 7.77. The number of nitrogen functional groups attached to an aromatic ring is 1. The molecule has 1 aromatic carbocycles. The molecule has 94 valence electrons. The number of alkyl halides is 3. The average Bonchev–Trinajstić information content (AvgIpc) is 2.15. The summed E-state index contributed by atoms with van der Waals surface area (Å²) < 4.78 is 55.4. The van der Waals surface area contributed by atoms with Crippen molar-refractivity contribution in [3.8, 4) is 0 Å². The Morgan fingerprint density at radius 2 is 2.00 bits per heavy atom. The van der Waals surface area contributed by atoms with Gasteiger partial charge in [0.25, 0.3) is 0 Å². The maximum absolute atomic E-state index is 13.3. The quantitative estimate of drug-likeness (QED) is 0.499. The Kier molecular flexibility index (Phi) is 3.59. The van der Waals surface area contributed by atoms with E-state index in [1.807, 2.05) is 0 Å². The standard InChI is InChI=1S/C10H9F4NO2/c1-2-17-9(16)8-6(10(12,13)14)3-5(15)4-7(8)11/h3-4H,2,15H2,1H3. The van der Waals surface area contributed by atoms with Crippen LogP contribution < -0.4 is 5.73 Å². The third-order valence-corrected chi connectivity index (χ3v) is 1.90. The Balaban J connectivity index is 3.41. The molecule has 0 saturated carbocycles. The number of benzene rings is 1. The number of hydrogen-bond acceptors (Lipinski definition) is 3. The number of hydrogen-bond donors (Lipinski definition) is 1. The van der Waals surface area contributed by atoms with Crippen LogP contribution in [0.5, 0.6) is 0 Å². The number of anilines is 1. The molecule has 1 rings (SSSR count). The average molecular weight is 251 g/mol. The summed E-state index contributed by atoms with van der Waals surface area (Å²) >= 11 is 0. The molecule has 7 heteroatoms. The van der Waals surface area contributed by atoms with Crippen molar-refractivity contribution >= 4 is 11.7 Å². The number of halogens is 4. The highest BCUT2D eigenvalue weighted by Gasteiger charge is 2.37. The molecule has 0 saturated heterocycles. The van der Waals surface area contributed by atoms with Crippen LogP contribution in [0.2, 0.25) is 0 Å². The van der Waals surface area contributed by atoms with Gasteiger partial charge in [-0.3, -0.25) is 0 Å². The maximum atomic E-state index is 13.3. The topological polar surface area (TPSA) is 52.3 Å². The van der Waals surface area contributed by atoms with Gasteiger partial charge in [-0.25, -0.2) is 9.18 Å². The summed E-state index contributed by atoms with van der Waals surface area (Å²) in [5.41, 5.74) is 2.11. The lowest BCUT2D eigenvalue weighted by Gasteiger charge is -2.13. The van der Waals surface area contributed by atoms with Crippen LogP contribution in [0.25, 0.3) is 0 Å². The number of rotatable bonds is 2. The minimum Gasteiger partial charge on any atom is -0.462 e. The molecule has 17 heavy (non-hydrogen) atoms. The van der Waals surface area contributed by atoms with E-state index in [9.17, 15) is 22.4 Å². The summed E-state index contributed by atoms with van der Waals surface area (Å²) in [5.74, 6) is -2.71. The van der Waals surface area contributed by atoms with Gasteiger partial charge in [-0.05, 0) is 19.1 Å². The Labute approximate surface area is 94.2 Å². The summed E-state index contributed by atoms with van der Waals surface area (Å²) in [4.78, 5) is 11.2. The zero-order valence-corrected chi connectivity index (χ0v) is 8.77. The molecule has 0 unspecified atom stereocenters. The molecule has 0 fully saturated rings. The van der Waals surface area contributed by atoms with Crippen molar-refractivity contribution in [1.82, 2.24) is 0 Å². The first-order valence-electron chi connectivity index (χ1n) is 4.60. The third-order valence-electron chi connectivity index (χ3n) is 1.90. The second-order valence-electron chi connectivity index (χ2n) is 3.14. The number of ether oxygens (including phenoxy) is 1. The van der Waals surface area contributed by atoms with Crippen LogP contribution in [0.1, 0.15) is 22.8 Å². The molecule has 1 aromatic rings. The van der Waals surface area contributed by atoms with Gasteiger partial charge in [-0.1, -0.05) is 0 Å². The number of nitrogens with two attached hydrogens (primary N) is 1. The van der Waals surface area contributed by atoms with Crippen molar-refractivity contribution < 1.29 is 27.1 Å². The minimum absolute atomic E-state index is 0.153. The molecule has 0 radical (unpaired) electrons. The number of carbonyl (C=O) groups excluding carboxylic acids is 1. The molecule has 0 spiro atoms. The van der Waals surface area contributed by atoms with Crippen molar-refractivity contribution in [2.24, 2.45) is 0 Å². The van der Waals surface area contributed by atoms with E-state index in [-0.39, 0.29) is 6.61 Å². The SMILES string of the molecule is CCOC(=O)c1c(F)cc(N)cc1C(F)(F)F. The molecular weight excluding hydrogens is 242 g/mol. The summed E-state index contributed by atoms with van der Waals surface area (Å²) in [6.07, 6.45) is -4.88. The van der Waals surface area contributed by atoms with Crippen LogP contribution >= 0.6 is 0 Å². The summed E-state index contributed by atoms with van der Waals surface area (Å²) in [6, 6.07) is 1.14. The number of esters is 1. The predicted molar refractivity (Wildman–Crippen MR) is 51.8 cm³/mol. The van der Waals surface area contributed by atoms with Crippen LogP contribution in [0.15, 0.2) is 12.1 Å². The van der Waals surface area contributed by atoms with Crippen LogP contribution in [-0.4, -0.2) is 12.6 Å². The lowest BCUT2D eigenvalue weighted by Crippen LogP contribution is -2.17. The van der Waals surface area contributed by atoms with Gasteiger partial charge in [0.15, 0.2) is 0 Å². The second kappa shape index (κ2) is 4.60. The summed E-state index contributed by atoms with van der Waals surface area (Å²) in [5, 5.41) is 0. The van der Waals surface area contributed by atoms with Crippen LogP contribution in [-0.2, 0) is 10.9 Å². The van der Waals surface area contributed by atoms with Crippen molar-refractivity contribution in [3.05, 3.63) is 29.1 Å². The van der Waals surface area contributed by atoms with Gasteiger partial charge >= 0.3 is 12.1 Å². The molecule has 0 aliphatic carbocycles. The van der Waals surface area contributed by atoms with Gasteiger partial charge in [0.1, 0.15) is 11.4 Å². The maximum Gasteiger partial charge on any atom is 0.417 e. The minimum atomic E-state index is -4.88. The molecule has 0 aliphatic rings. The zero-order chi connectivity index (χ0) is 13.2. The molecule has 0 heterocycles. The first-order valence-corrected chi connectivity index (χ1v) is 4.60. The molecule has 0 bridgehead atoms. The number of carbonyl (C=O) groups is 1. The van der Waals surface area contributed by atoms with E-state index in [0.717, 1.165) is 0 Å². The fourth-order valence-corrected chi connectivity index (χ4v) is 1.26. The molecule has 0 atom stereocenters. The lowest BCUT2D eigenvalue weighted by molar-refractivity contribution is -0.138. The lowest BCUT2D eigenvalue weighted by atomic mass is 10.1. The van der Waals surface area contributed by atoms with Gasteiger partial charge in [0.05, 0.1) is 12.2 Å². The first kappa shape index (κ1) is 13.3. The molecular formula is C10H9F4NO2. The molecule has 0 aromatic heterocycles. The van der Waals surface area contributed by atoms with Gasteiger partial charge in [-0.2, -0.15) is 13.2 Å². The molecule has 2 N–H and O–H groups in total. The van der Waals surface area contributed by atoms with E-state index in [4.69, 9.17) is 5.73 Å². The normalized spacial score (nSPS) is 11.4.